The summed E-state index contributed by atoms with van der Waals surface area (Å²) in [7, 11) is 4.39. The Morgan fingerprint density at radius 1 is 0.750 bits per heavy atom. The number of carbonyl (C=O) groups excluding carboxylic acids is 2. The summed E-state index contributed by atoms with van der Waals surface area (Å²) >= 11 is 0. The first-order valence-electron chi connectivity index (χ1n) is 8.82. The molecule has 0 aliphatic rings. The molecule has 0 aliphatic carbocycles. The van der Waals surface area contributed by atoms with Crippen molar-refractivity contribution < 1.29 is 28.5 Å². The van der Waals surface area contributed by atoms with E-state index in [9.17, 15) is 9.59 Å². The Morgan fingerprint density at radius 3 is 1.89 bits per heavy atom. The summed E-state index contributed by atoms with van der Waals surface area (Å²) in [4.78, 5) is 25.3. The number of ketones is 1. The minimum absolute atomic E-state index is 0.154. The predicted molar refractivity (Wildman–Crippen MR) is 106 cm³/mol. The Bertz CT molecular complexity index is 914. The van der Waals surface area contributed by atoms with E-state index in [0.717, 1.165) is 22.3 Å². The second kappa shape index (κ2) is 8.78. The quantitative estimate of drug-likeness (QED) is 0.529. The van der Waals surface area contributed by atoms with Crippen LogP contribution >= 0.6 is 0 Å². The van der Waals surface area contributed by atoms with E-state index in [4.69, 9.17) is 18.9 Å². The zero-order valence-electron chi connectivity index (χ0n) is 17.4. The van der Waals surface area contributed by atoms with E-state index in [1.54, 1.807) is 0 Å². The number of esters is 1. The third kappa shape index (κ3) is 4.11. The zero-order valence-corrected chi connectivity index (χ0v) is 17.4. The van der Waals surface area contributed by atoms with Crippen LogP contribution in [0.3, 0.4) is 0 Å². The van der Waals surface area contributed by atoms with Crippen molar-refractivity contribution in [2.24, 2.45) is 0 Å². The Morgan fingerprint density at radius 2 is 1.32 bits per heavy atom. The Hall–Kier alpha value is -3.02. The van der Waals surface area contributed by atoms with Gasteiger partial charge in [0, 0.05) is 17.7 Å². The fraction of sp³-hybridized carbons (Fsp3) is 0.364. The van der Waals surface area contributed by atoms with E-state index < -0.39 is 5.97 Å². The van der Waals surface area contributed by atoms with Gasteiger partial charge in [0.2, 0.25) is 5.78 Å². The maximum absolute atomic E-state index is 12.7. The molecule has 0 aromatic heterocycles. The number of hydrogen-bond acceptors (Lipinski definition) is 6. The fourth-order valence-corrected chi connectivity index (χ4v) is 3.18. The Balaban J connectivity index is 2.25. The second-order valence-corrected chi connectivity index (χ2v) is 6.54. The second-order valence-electron chi connectivity index (χ2n) is 6.54. The number of ether oxygens (including phenoxy) is 4. The lowest BCUT2D eigenvalue weighted by Crippen LogP contribution is -2.17. The molecule has 2 aromatic rings. The summed E-state index contributed by atoms with van der Waals surface area (Å²) in [6, 6.07) is 4.97. The number of aryl methyl sites for hydroxylation is 2. The van der Waals surface area contributed by atoms with Crippen molar-refractivity contribution in [3.05, 3.63) is 51.6 Å². The molecule has 0 bridgehead atoms. The van der Waals surface area contributed by atoms with Gasteiger partial charge in [0.15, 0.2) is 18.1 Å². The molecule has 0 saturated heterocycles. The van der Waals surface area contributed by atoms with Gasteiger partial charge in [-0.1, -0.05) is 6.07 Å². The predicted octanol–water partition coefficient (Wildman–Crippen LogP) is 3.99. The number of methoxy groups -OCH3 is 3. The highest BCUT2D eigenvalue weighted by atomic mass is 16.5. The first-order chi connectivity index (χ1) is 13.2. The zero-order chi connectivity index (χ0) is 21.0. The molecule has 0 saturated carbocycles. The van der Waals surface area contributed by atoms with Gasteiger partial charge >= 0.3 is 5.97 Å². The molecular formula is C22H26O6. The van der Waals surface area contributed by atoms with E-state index in [1.807, 2.05) is 33.8 Å². The third-order valence-corrected chi connectivity index (χ3v) is 4.90. The van der Waals surface area contributed by atoms with E-state index in [0.29, 0.717) is 17.1 Å². The Labute approximate surface area is 165 Å². The van der Waals surface area contributed by atoms with Gasteiger partial charge in [-0.05, 0) is 49.9 Å². The largest absolute Gasteiger partial charge is 0.496 e. The van der Waals surface area contributed by atoms with Gasteiger partial charge in [0.1, 0.15) is 11.3 Å². The minimum atomic E-state index is -0.676. The number of Topliss-reactive ketones (excluding diaryl/α,β-unsaturated/α-hetero) is 1. The molecule has 0 spiro atoms. The van der Waals surface area contributed by atoms with Crippen molar-refractivity contribution in [3.8, 4) is 17.2 Å². The molecule has 0 unspecified atom stereocenters. The number of rotatable bonds is 7. The molecule has 0 fully saturated rings. The maximum atomic E-state index is 12.7. The molecule has 28 heavy (non-hydrogen) atoms. The fourth-order valence-electron chi connectivity index (χ4n) is 3.18. The minimum Gasteiger partial charge on any atom is -0.496 e. The first-order valence-corrected chi connectivity index (χ1v) is 8.82. The van der Waals surface area contributed by atoms with Crippen molar-refractivity contribution in [1.82, 2.24) is 0 Å². The molecule has 0 N–H and O–H groups in total. The van der Waals surface area contributed by atoms with Crippen LogP contribution < -0.4 is 14.2 Å². The van der Waals surface area contributed by atoms with Gasteiger partial charge < -0.3 is 18.9 Å². The molecule has 0 aliphatic heterocycles. The lowest BCUT2D eigenvalue weighted by atomic mass is 9.92. The molecular weight excluding hydrogens is 360 g/mol. The summed E-state index contributed by atoms with van der Waals surface area (Å²) < 4.78 is 20.9. The van der Waals surface area contributed by atoms with Crippen LogP contribution in [0, 0.1) is 27.7 Å². The van der Waals surface area contributed by atoms with Gasteiger partial charge in [0.05, 0.1) is 21.3 Å². The van der Waals surface area contributed by atoms with Crippen LogP contribution in [0.15, 0.2) is 18.2 Å². The summed E-state index contributed by atoms with van der Waals surface area (Å²) in [5.41, 5.74) is 4.70. The molecule has 0 atom stereocenters. The standard InChI is InChI=1S/C22H26O6/c1-12-8-13(2)21(15(4)14(12)3)17(23)11-28-22(24)16-9-19(26-6)20(27-7)10-18(16)25-5/h8-10H,11H2,1-7H3. The van der Waals surface area contributed by atoms with Crippen LogP contribution in [0.1, 0.15) is 43.0 Å². The van der Waals surface area contributed by atoms with E-state index in [-0.39, 0.29) is 23.7 Å². The summed E-state index contributed by atoms with van der Waals surface area (Å²) in [5, 5.41) is 0. The van der Waals surface area contributed by atoms with Crippen LogP contribution in [-0.2, 0) is 4.74 Å². The highest BCUT2D eigenvalue weighted by Gasteiger charge is 2.21. The molecule has 0 radical (unpaired) electrons. The van der Waals surface area contributed by atoms with E-state index in [1.165, 1.54) is 33.5 Å². The normalized spacial score (nSPS) is 10.4. The monoisotopic (exact) mass is 386 g/mol. The average Bonchev–Trinajstić information content (AvgIpc) is 2.69. The van der Waals surface area contributed by atoms with Crippen molar-refractivity contribution in [1.29, 1.82) is 0 Å². The molecule has 0 heterocycles. The maximum Gasteiger partial charge on any atom is 0.342 e. The smallest absolute Gasteiger partial charge is 0.342 e. The van der Waals surface area contributed by atoms with Crippen molar-refractivity contribution in [2.75, 3.05) is 27.9 Å². The van der Waals surface area contributed by atoms with Crippen molar-refractivity contribution in [3.63, 3.8) is 0 Å². The summed E-state index contributed by atoms with van der Waals surface area (Å²) in [5.74, 6) is 0.139. The highest BCUT2D eigenvalue weighted by molar-refractivity contribution is 6.02. The van der Waals surface area contributed by atoms with E-state index in [2.05, 4.69) is 0 Å². The van der Waals surface area contributed by atoms with Crippen molar-refractivity contribution >= 4 is 11.8 Å². The lowest BCUT2D eigenvalue weighted by molar-refractivity contribution is 0.0470. The summed E-state index contributed by atoms with van der Waals surface area (Å²) in [6.45, 7) is 7.41. The van der Waals surface area contributed by atoms with Gasteiger partial charge in [-0.3, -0.25) is 4.79 Å². The third-order valence-electron chi connectivity index (χ3n) is 4.90. The number of benzene rings is 2. The lowest BCUT2D eigenvalue weighted by Gasteiger charge is -2.15. The van der Waals surface area contributed by atoms with Crippen LogP contribution in [0.2, 0.25) is 0 Å². The van der Waals surface area contributed by atoms with Gasteiger partial charge in [-0.25, -0.2) is 4.79 Å². The highest BCUT2D eigenvalue weighted by Crippen LogP contribution is 2.35. The summed E-state index contributed by atoms with van der Waals surface area (Å²) in [6.07, 6.45) is 0. The first kappa shape index (κ1) is 21.3. The molecule has 0 amide bonds. The van der Waals surface area contributed by atoms with Crippen LogP contribution in [0.5, 0.6) is 17.2 Å². The van der Waals surface area contributed by atoms with Crippen LogP contribution in [-0.4, -0.2) is 39.7 Å². The molecule has 2 aromatic carbocycles. The van der Waals surface area contributed by atoms with Gasteiger partial charge in [-0.15, -0.1) is 0 Å². The number of carbonyl (C=O) groups is 2. The van der Waals surface area contributed by atoms with Crippen LogP contribution in [0.4, 0.5) is 0 Å². The topological polar surface area (TPSA) is 71.1 Å². The van der Waals surface area contributed by atoms with Gasteiger partial charge in [0.25, 0.3) is 0 Å². The molecule has 6 heteroatoms. The molecule has 6 nitrogen and oxygen atoms in total. The number of hydrogen-bond donors (Lipinski definition) is 0. The van der Waals surface area contributed by atoms with E-state index >= 15 is 0 Å². The van der Waals surface area contributed by atoms with Crippen molar-refractivity contribution in [2.45, 2.75) is 27.7 Å². The van der Waals surface area contributed by atoms with Crippen LogP contribution in [0.25, 0.3) is 0 Å². The SMILES string of the molecule is COc1cc(OC)c(C(=O)OCC(=O)c2c(C)cc(C)c(C)c2C)cc1OC. The molecule has 2 rings (SSSR count). The Kier molecular flexibility index (Phi) is 6.67. The molecule has 150 valence electrons. The van der Waals surface area contributed by atoms with Gasteiger partial charge in [-0.2, -0.15) is 0 Å². The average molecular weight is 386 g/mol.